The van der Waals surface area contributed by atoms with Crippen LogP contribution in [-0.2, 0) is 20.0 Å². The summed E-state index contributed by atoms with van der Waals surface area (Å²) in [5.74, 6) is 2.48. The number of hydrogen-bond donors (Lipinski definition) is 0. The number of nitrogens with zero attached hydrogens (tertiary/aromatic N) is 2. The monoisotopic (exact) mass is 630 g/mol. The molecular formula is C28H42N2O6S4. The van der Waals surface area contributed by atoms with E-state index in [0.717, 1.165) is 25.7 Å². The molecule has 40 heavy (non-hydrogen) atoms. The zero-order chi connectivity index (χ0) is 30.0. The van der Waals surface area contributed by atoms with Crippen LogP contribution in [0.3, 0.4) is 0 Å². The van der Waals surface area contributed by atoms with Gasteiger partial charge in [-0.1, -0.05) is 48.3 Å². The minimum Gasteiger partial charge on any atom is -0.494 e. The van der Waals surface area contributed by atoms with Crippen LogP contribution in [0.25, 0.3) is 0 Å². The average Bonchev–Trinajstić information content (AvgIpc) is 2.96. The van der Waals surface area contributed by atoms with E-state index in [1.54, 1.807) is 62.6 Å². The Hall–Kier alpha value is -1.88. The summed E-state index contributed by atoms with van der Waals surface area (Å²) in [6.45, 7) is 6.08. The minimum absolute atomic E-state index is 0.230. The van der Waals surface area contributed by atoms with E-state index in [-0.39, 0.29) is 9.79 Å². The molecule has 0 fully saturated rings. The van der Waals surface area contributed by atoms with E-state index < -0.39 is 20.0 Å². The molecule has 8 nitrogen and oxygen atoms in total. The summed E-state index contributed by atoms with van der Waals surface area (Å²) in [6, 6.07) is 13.0. The van der Waals surface area contributed by atoms with Crippen molar-refractivity contribution in [3.63, 3.8) is 0 Å². The number of hydrogen-bond acceptors (Lipinski definition) is 8. The second-order valence-corrected chi connectivity index (χ2v) is 15.4. The molecule has 224 valence electrons. The van der Waals surface area contributed by atoms with Gasteiger partial charge in [-0.3, -0.25) is 0 Å². The first kappa shape index (κ1) is 36.1. The molecule has 0 unspecified atom stereocenters. The van der Waals surface area contributed by atoms with Crippen LogP contribution in [0.5, 0.6) is 11.5 Å². The quantitative estimate of drug-likeness (QED) is 0.112. The molecule has 0 spiro atoms. The van der Waals surface area contributed by atoms with Gasteiger partial charge in [0, 0.05) is 38.7 Å². The van der Waals surface area contributed by atoms with E-state index in [4.69, 9.17) is 9.47 Å². The molecule has 0 aliphatic rings. The van der Waals surface area contributed by atoms with Crippen molar-refractivity contribution in [2.45, 2.75) is 49.3 Å². The molecule has 2 aromatic carbocycles. The highest BCUT2D eigenvalue weighted by atomic mass is 33.1. The van der Waals surface area contributed by atoms with Crippen LogP contribution in [0.4, 0.5) is 0 Å². The van der Waals surface area contributed by atoms with Gasteiger partial charge in [0.2, 0.25) is 20.0 Å². The van der Waals surface area contributed by atoms with Crippen LogP contribution in [-0.4, -0.2) is 77.4 Å². The molecule has 0 amide bonds. The first-order valence-electron chi connectivity index (χ1n) is 13.1. The van der Waals surface area contributed by atoms with Crippen LogP contribution in [0, 0.1) is 12.8 Å². The Morgan fingerprint density at radius 3 is 1.27 bits per heavy atom. The number of sulfonamides is 2. The molecule has 2 rings (SSSR count). The van der Waals surface area contributed by atoms with E-state index in [0.29, 0.717) is 49.3 Å². The average molecular weight is 631 g/mol. The largest absolute Gasteiger partial charge is 0.494 e. The van der Waals surface area contributed by atoms with Crippen molar-refractivity contribution in [2.75, 3.05) is 51.9 Å². The first-order valence-corrected chi connectivity index (χ1v) is 18.5. The highest BCUT2D eigenvalue weighted by molar-refractivity contribution is 8.76. The number of unbranched alkanes of at least 4 members (excludes halogenated alkanes) is 2. The zero-order valence-electron chi connectivity index (χ0n) is 23.8. The van der Waals surface area contributed by atoms with Gasteiger partial charge in [0.1, 0.15) is 11.5 Å². The Labute approximate surface area is 249 Å². The van der Waals surface area contributed by atoms with E-state index in [1.165, 1.54) is 30.2 Å². The van der Waals surface area contributed by atoms with Crippen molar-refractivity contribution >= 4 is 41.6 Å². The van der Waals surface area contributed by atoms with Crippen LogP contribution in [0.1, 0.15) is 39.5 Å². The van der Waals surface area contributed by atoms with Gasteiger partial charge < -0.3 is 9.47 Å². The van der Waals surface area contributed by atoms with E-state index in [9.17, 15) is 16.8 Å². The summed E-state index contributed by atoms with van der Waals surface area (Å²) in [5, 5.41) is 0. The van der Waals surface area contributed by atoms with Gasteiger partial charge in [-0.15, -0.1) is 12.8 Å². The lowest BCUT2D eigenvalue weighted by molar-refractivity contribution is 0.309. The van der Waals surface area contributed by atoms with Gasteiger partial charge in [-0.2, -0.15) is 0 Å². The maximum Gasteiger partial charge on any atom is 0.242 e. The lowest BCUT2D eigenvalue weighted by atomic mass is 10.3. The highest BCUT2D eigenvalue weighted by Crippen LogP contribution is 2.25. The summed E-state index contributed by atoms with van der Waals surface area (Å²) in [6.07, 6.45) is 12.0. The van der Waals surface area contributed by atoms with Gasteiger partial charge in [-0.05, 0) is 61.4 Å². The summed E-state index contributed by atoms with van der Waals surface area (Å²) in [4.78, 5) is 0.459. The van der Waals surface area contributed by atoms with E-state index >= 15 is 0 Å². The predicted octanol–water partition coefficient (Wildman–Crippen LogP) is 5.62. The fourth-order valence-electron chi connectivity index (χ4n) is 3.13. The molecule has 0 bridgehead atoms. The van der Waals surface area contributed by atoms with Crippen molar-refractivity contribution in [1.82, 2.24) is 8.61 Å². The Morgan fingerprint density at radius 1 is 0.650 bits per heavy atom. The van der Waals surface area contributed by atoms with Crippen LogP contribution in [0.15, 0.2) is 58.3 Å². The molecule has 0 saturated heterocycles. The standard InChI is InChI=1S/C26H40N2O6S4.C2H2/c1-5-7-19-33-23-9-13-25(14-10-23)37(29,30)27(3)17-21-35-36-22-18-28(4)38(31,32)26-15-11-24(12-16-26)34-20-8-6-2;1-2/h9-16H,5-8,17-22H2,1-4H3;1-2H. The zero-order valence-corrected chi connectivity index (χ0v) is 27.1. The first-order chi connectivity index (χ1) is 19.1. The summed E-state index contributed by atoms with van der Waals surface area (Å²) in [5.41, 5.74) is 0. The predicted molar refractivity (Wildman–Crippen MR) is 168 cm³/mol. The lowest BCUT2D eigenvalue weighted by Crippen LogP contribution is -2.29. The summed E-state index contributed by atoms with van der Waals surface area (Å²) >= 11 is 0. The SMILES string of the molecule is C#C.CCCCOc1ccc(S(=O)(=O)N(C)CCSSCCN(C)S(=O)(=O)c2ccc(OCCCC)cc2)cc1. The van der Waals surface area contributed by atoms with E-state index in [1.807, 2.05) is 0 Å². The fraction of sp³-hybridized carbons (Fsp3) is 0.500. The van der Waals surface area contributed by atoms with Gasteiger partial charge >= 0.3 is 0 Å². The molecule has 0 aliphatic carbocycles. The van der Waals surface area contributed by atoms with E-state index in [2.05, 4.69) is 26.7 Å². The van der Waals surface area contributed by atoms with Gasteiger partial charge in [0.15, 0.2) is 0 Å². The lowest BCUT2D eigenvalue weighted by Gasteiger charge is -2.18. The summed E-state index contributed by atoms with van der Waals surface area (Å²) in [7, 11) is -1.01. The maximum atomic E-state index is 12.8. The van der Waals surface area contributed by atoms with Crippen LogP contribution >= 0.6 is 21.6 Å². The van der Waals surface area contributed by atoms with Crippen molar-refractivity contribution in [1.29, 1.82) is 0 Å². The smallest absolute Gasteiger partial charge is 0.242 e. The molecule has 0 heterocycles. The second kappa shape index (κ2) is 19.3. The molecule has 0 radical (unpaired) electrons. The number of benzene rings is 2. The van der Waals surface area contributed by atoms with Gasteiger partial charge in [0.25, 0.3) is 0 Å². The minimum atomic E-state index is -3.59. The van der Waals surface area contributed by atoms with Gasteiger partial charge in [-0.25, -0.2) is 25.4 Å². The molecular weight excluding hydrogens is 589 g/mol. The molecule has 12 heteroatoms. The number of rotatable bonds is 19. The van der Waals surface area contributed by atoms with Crippen molar-refractivity contribution < 1.29 is 26.3 Å². The third-order valence-corrected chi connectivity index (χ3v) is 11.8. The number of terminal acetylenes is 1. The van der Waals surface area contributed by atoms with Crippen molar-refractivity contribution in [3.8, 4) is 24.3 Å². The molecule has 2 aromatic rings. The Morgan fingerprint density at radius 2 is 0.975 bits per heavy atom. The molecule has 0 aromatic heterocycles. The normalized spacial score (nSPS) is 11.7. The van der Waals surface area contributed by atoms with Crippen LogP contribution < -0.4 is 9.47 Å². The van der Waals surface area contributed by atoms with Crippen molar-refractivity contribution in [3.05, 3.63) is 48.5 Å². The third-order valence-electron chi connectivity index (χ3n) is 5.66. The van der Waals surface area contributed by atoms with Crippen LogP contribution in [0.2, 0.25) is 0 Å². The fourth-order valence-corrected chi connectivity index (χ4v) is 7.80. The Kier molecular flexibility index (Phi) is 17.4. The molecule has 0 atom stereocenters. The Bertz CT molecular complexity index is 1110. The maximum absolute atomic E-state index is 12.8. The van der Waals surface area contributed by atoms with Crippen molar-refractivity contribution in [2.24, 2.45) is 0 Å². The third kappa shape index (κ3) is 11.9. The molecule has 0 aliphatic heterocycles. The second-order valence-electron chi connectivity index (χ2n) is 8.64. The topological polar surface area (TPSA) is 93.2 Å². The van der Waals surface area contributed by atoms with Gasteiger partial charge in [0.05, 0.1) is 23.0 Å². The summed E-state index contributed by atoms with van der Waals surface area (Å²) < 4.78 is 65.2. The molecule has 0 N–H and O–H groups in total. The number of ether oxygens (including phenoxy) is 2. The molecule has 0 saturated carbocycles. The Balaban J connectivity index is 0.00000391. The highest BCUT2D eigenvalue weighted by Gasteiger charge is 2.22.